The van der Waals surface area contributed by atoms with E-state index in [9.17, 15) is 4.79 Å². The first-order valence-electron chi connectivity index (χ1n) is 7.57. The molecule has 0 radical (unpaired) electrons. The highest BCUT2D eigenvalue weighted by Crippen LogP contribution is 2.32. The van der Waals surface area contributed by atoms with Crippen LogP contribution in [0.3, 0.4) is 0 Å². The molecule has 6 nitrogen and oxygen atoms in total. The minimum Gasteiger partial charge on any atom is -0.486 e. The van der Waals surface area contributed by atoms with Crippen LogP contribution >= 0.6 is 0 Å². The number of carbonyl (C=O) groups excluding carboxylic acids is 1. The predicted molar refractivity (Wildman–Crippen MR) is 80.6 cm³/mol. The molecule has 114 valence electrons. The normalized spacial score (nSPS) is 16.0. The van der Waals surface area contributed by atoms with Gasteiger partial charge in [-0.25, -0.2) is 4.98 Å². The minimum atomic E-state index is -0.196. The molecular formula is C16H17N3O3. The van der Waals surface area contributed by atoms with E-state index in [1.54, 1.807) is 12.1 Å². The van der Waals surface area contributed by atoms with Crippen molar-refractivity contribution in [2.45, 2.75) is 25.8 Å². The second-order valence-electron chi connectivity index (χ2n) is 5.51. The molecule has 4 rings (SSSR count). The number of benzene rings is 1. The lowest BCUT2D eigenvalue weighted by Crippen LogP contribution is -2.16. The van der Waals surface area contributed by atoms with Crippen LogP contribution in [0.1, 0.15) is 29.2 Å². The Labute approximate surface area is 128 Å². The molecule has 6 heteroatoms. The first-order chi connectivity index (χ1) is 10.8. The number of hydrogen-bond donors (Lipinski definition) is 1. The Kier molecular flexibility index (Phi) is 3.21. The highest BCUT2D eigenvalue weighted by Gasteiger charge is 2.18. The summed E-state index contributed by atoms with van der Waals surface area (Å²) in [7, 11) is 0. The Morgan fingerprint density at radius 3 is 2.91 bits per heavy atom. The molecule has 0 saturated heterocycles. The molecule has 1 aromatic heterocycles. The van der Waals surface area contributed by atoms with Crippen LogP contribution in [0.2, 0.25) is 0 Å². The van der Waals surface area contributed by atoms with Crippen LogP contribution in [0.4, 0.5) is 5.69 Å². The van der Waals surface area contributed by atoms with E-state index in [1.807, 2.05) is 12.3 Å². The average molecular weight is 299 g/mol. The zero-order valence-corrected chi connectivity index (χ0v) is 12.2. The maximum atomic E-state index is 12.3. The van der Waals surface area contributed by atoms with E-state index < -0.39 is 0 Å². The number of hydrogen-bond acceptors (Lipinski definition) is 4. The summed E-state index contributed by atoms with van der Waals surface area (Å²) in [6.45, 7) is 2.02. The van der Waals surface area contributed by atoms with Gasteiger partial charge in [0.15, 0.2) is 11.5 Å². The lowest BCUT2D eigenvalue weighted by Gasteiger charge is -2.18. The van der Waals surface area contributed by atoms with E-state index in [2.05, 4.69) is 14.9 Å². The SMILES string of the molecule is O=C(Nc1ccc2c(c1)OCCO2)c1cn2c(n1)CCCC2. The number of aryl methyl sites for hydroxylation is 2. The lowest BCUT2D eigenvalue weighted by atomic mass is 10.2. The summed E-state index contributed by atoms with van der Waals surface area (Å²) in [5.74, 6) is 2.17. The number of nitrogens with zero attached hydrogens (tertiary/aromatic N) is 2. The number of ether oxygens (including phenoxy) is 2. The van der Waals surface area contributed by atoms with Gasteiger partial charge in [0.25, 0.3) is 5.91 Å². The van der Waals surface area contributed by atoms with Crippen molar-refractivity contribution in [2.75, 3.05) is 18.5 Å². The number of rotatable bonds is 2. The zero-order valence-electron chi connectivity index (χ0n) is 12.2. The maximum Gasteiger partial charge on any atom is 0.275 e. The summed E-state index contributed by atoms with van der Waals surface area (Å²) in [5, 5.41) is 2.87. The summed E-state index contributed by atoms with van der Waals surface area (Å²) in [6.07, 6.45) is 5.06. The van der Waals surface area contributed by atoms with Crippen molar-refractivity contribution in [3.63, 3.8) is 0 Å². The predicted octanol–water partition coefficient (Wildman–Crippen LogP) is 2.24. The van der Waals surface area contributed by atoms with Gasteiger partial charge in [-0.05, 0) is 25.0 Å². The lowest BCUT2D eigenvalue weighted by molar-refractivity contribution is 0.102. The summed E-state index contributed by atoms with van der Waals surface area (Å²) in [6, 6.07) is 5.39. The van der Waals surface area contributed by atoms with Crippen molar-refractivity contribution < 1.29 is 14.3 Å². The van der Waals surface area contributed by atoms with Gasteiger partial charge in [0.2, 0.25) is 0 Å². The molecule has 2 aromatic rings. The van der Waals surface area contributed by atoms with Crippen molar-refractivity contribution in [3.05, 3.63) is 35.9 Å². The number of imidazole rings is 1. The van der Waals surface area contributed by atoms with Gasteiger partial charge in [-0.2, -0.15) is 0 Å². The molecule has 2 aliphatic rings. The maximum absolute atomic E-state index is 12.3. The molecule has 1 N–H and O–H groups in total. The molecule has 0 bridgehead atoms. The monoisotopic (exact) mass is 299 g/mol. The quantitative estimate of drug-likeness (QED) is 0.923. The Morgan fingerprint density at radius 2 is 2.05 bits per heavy atom. The second kappa shape index (κ2) is 5.36. The number of carbonyl (C=O) groups is 1. The summed E-state index contributed by atoms with van der Waals surface area (Å²) < 4.78 is 13.1. The smallest absolute Gasteiger partial charge is 0.275 e. The number of nitrogens with one attached hydrogen (secondary N) is 1. The van der Waals surface area contributed by atoms with Crippen LogP contribution in [0.15, 0.2) is 24.4 Å². The largest absolute Gasteiger partial charge is 0.486 e. The van der Waals surface area contributed by atoms with E-state index in [0.717, 1.165) is 31.6 Å². The molecular weight excluding hydrogens is 282 g/mol. The first-order valence-corrected chi connectivity index (χ1v) is 7.57. The Bertz CT molecular complexity index is 700. The highest BCUT2D eigenvalue weighted by molar-refractivity contribution is 6.03. The third-order valence-electron chi connectivity index (χ3n) is 3.94. The molecule has 3 heterocycles. The van der Waals surface area contributed by atoms with Gasteiger partial charge in [0.05, 0.1) is 0 Å². The summed E-state index contributed by atoms with van der Waals surface area (Å²) >= 11 is 0. The third-order valence-corrected chi connectivity index (χ3v) is 3.94. The molecule has 1 aromatic carbocycles. The molecule has 22 heavy (non-hydrogen) atoms. The Hall–Kier alpha value is -2.50. The standard InChI is InChI=1S/C16H17N3O3/c20-16(12-10-19-6-2-1-3-15(19)18-12)17-11-4-5-13-14(9-11)22-8-7-21-13/h4-5,9-10H,1-3,6-8H2,(H,17,20). The Morgan fingerprint density at radius 1 is 1.18 bits per heavy atom. The van der Waals surface area contributed by atoms with E-state index >= 15 is 0 Å². The van der Waals surface area contributed by atoms with Crippen molar-refractivity contribution in [3.8, 4) is 11.5 Å². The van der Waals surface area contributed by atoms with Gasteiger partial charge < -0.3 is 19.4 Å². The first kappa shape index (κ1) is 13.2. The average Bonchev–Trinajstić information content (AvgIpc) is 2.99. The number of aromatic nitrogens is 2. The van der Waals surface area contributed by atoms with Gasteiger partial charge in [-0.1, -0.05) is 0 Å². The second-order valence-corrected chi connectivity index (χ2v) is 5.51. The molecule has 0 aliphatic carbocycles. The van der Waals surface area contributed by atoms with E-state index in [4.69, 9.17) is 9.47 Å². The van der Waals surface area contributed by atoms with Crippen LogP contribution in [-0.4, -0.2) is 28.7 Å². The fraction of sp³-hybridized carbons (Fsp3) is 0.375. The minimum absolute atomic E-state index is 0.196. The molecule has 0 saturated carbocycles. The molecule has 0 fully saturated rings. The van der Waals surface area contributed by atoms with Crippen molar-refractivity contribution in [2.24, 2.45) is 0 Å². The zero-order chi connectivity index (χ0) is 14.9. The van der Waals surface area contributed by atoms with E-state index in [0.29, 0.717) is 36.1 Å². The van der Waals surface area contributed by atoms with Gasteiger partial charge in [0, 0.05) is 30.9 Å². The number of amides is 1. The number of fused-ring (bicyclic) bond motifs is 2. The van der Waals surface area contributed by atoms with Crippen molar-refractivity contribution >= 4 is 11.6 Å². The molecule has 0 atom stereocenters. The van der Waals surface area contributed by atoms with Crippen LogP contribution in [0, 0.1) is 0 Å². The molecule has 2 aliphatic heterocycles. The molecule has 1 amide bonds. The Balaban J connectivity index is 1.53. The van der Waals surface area contributed by atoms with Crippen LogP contribution in [0.25, 0.3) is 0 Å². The van der Waals surface area contributed by atoms with Gasteiger partial charge in [-0.15, -0.1) is 0 Å². The van der Waals surface area contributed by atoms with E-state index in [1.165, 1.54) is 0 Å². The van der Waals surface area contributed by atoms with Crippen LogP contribution in [0.5, 0.6) is 11.5 Å². The van der Waals surface area contributed by atoms with Gasteiger partial charge in [0.1, 0.15) is 24.7 Å². The van der Waals surface area contributed by atoms with Crippen molar-refractivity contribution in [1.29, 1.82) is 0 Å². The van der Waals surface area contributed by atoms with Gasteiger partial charge in [-0.3, -0.25) is 4.79 Å². The third kappa shape index (κ3) is 2.41. The topological polar surface area (TPSA) is 65.4 Å². The molecule has 0 spiro atoms. The molecule has 0 unspecified atom stereocenters. The highest BCUT2D eigenvalue weighted by atomic mass is 16.6. The summed E-state index contributed by atoms with van der Waals surface area (Å²) in [5.41, 5.74) is 1.15. The fourth-order valence-electron chi connectivity index (χ4n) is 2.84. The fourth-order valence-corrected chi connectivity index (χ4v) is 2.84. The summed E-state index contributed by atoms with van der Waals surface area (Å²) in [4.78, 5) is 16.8. The van der Waals surface area contributed by atoms with Crippen LogP contribution < -0.4 is 14.8 Å². The van der Waals surface area contributed by atoms with E-state index in [-0.39, 0.29) is 5.91 Å². The van der Waals surface area contributed by atoms with Crippen molar-refractivity contribution in [1.82, 2.24) is 9.55 Å². The number of anilines is 1. The van der Waals surface area contributed by atoms with Gasteiger partial charge >= 0.3 is 0 Å². The van der Waals surface area contributed by atoms with Crippen LogP contribution in [-0.2, 0) is 13.0 Å².